The van der Waals surface area contributed by atoms with Gasteiger partial charge in [0.2, 0.25) is 0 Å². The summed E-state index contributed by atoms with van der Waals surface area (Å²) in [6.07, 6.45) is 12.8. The Bertz CT molecular complexity index is 565. The molecule has 0 spiro atoms. The minimum atomic E-state index is 1.21. The van der Waals surface area contributed by atoms with Crippen LogP contribution in [0.4, 0.5) is 0 Å². The summed E-state index contributed by atoms with van der Waals surface area (Å²) < 4.78 is 0. The summed E-state index contributed by atoms with van der Waals surface area (Å²) in [6.45, 7) is 6.84. The van der Waals surface area contributed by atoms with Crippen molar-refractivity contribution in [1.29, 1.82) is 0 Å². The van der Waals surface area contributed by atoms with E-state index in [1.807, 2.05) is 0 Å². The first-order valence-electron chi connectivity index (χ1n) is 9.42. The van der Waals surface area contributed by atoms with Gasteiger partial charge in [-0.25, -0.2) is 0 Å². The number of hydrogen-bond donors (Lipinski definition) is 1. The normalized spacial score (nSPS) is 11.4. The molecular weight excluding hydrogens is 266 g/mol. The van der Waals surface area contributed by atoms with Crippen molar-refractivity contribution in [2.24, 2.45) is 0 Å². The summed E-state index contributed by atoms with van der Waals surface area (Å²) in [4.78, 5) is 3.72. The average Bonchev–Trinajstić information content (AvgIpc) is 2.88. The Hall–Kier alpha value is -1.24. The smallest absolute Gasteiger partial charge is 0.0459 e. The molecule has 0 radical (unpaired) electrons. The van der Waals surface area contributed by atoms with Crippen molar-refractivity contribution in [3.8, 4) is 0 Å². The summed E-state index contributed by atoms with van der Waals surface area (Å²) in [5.41, 5.74) is 5.96. The first-order valence-corrected chi connectivity index (χ1v) is 9.42. The van der Waals surface area contributed by atoms with E-state index in [-0.39, 0.29) is 0 Å². The molecule has 1 heterocycles. The molecule has 0 fully saturated rings. The van der Waals surface area contributed by atoms with Crippen LogP contribution in [-0.4, -0.2) is 4.98 Å². The van der Waals surface area contributed by atoms with Crippen LogP contribution < -0.4 is 0 Å². The van der Waals surface area contributed by atoms with E-state index < -0.39 is 0 Å². The minimum Gasteiger partial charge on any atom is -0.358 e. The van der Waals surface area contributed by atoms with E-state index in [2.05, 4.69) is 44.0 Å². The Balaban J connectivity index is 2.28. The van der Waals surface area contributed by atoms with Crippen molar-refractivity contribution in [1.82, 2.24) is 4.98 Å². The van der Waals surface area contributed by atoms with Crippen LogP contribution in [-0.2, 0) is 19.3 Å². The van der Waals surface area contributed by atoms with Gasteiger partial charge < -0.3 is 4.98 Å². The number of rotatable bonds is 10. The Morgan fingerprint density at radius 2 is 1.50 bits per heavy atom. The van der Waals surface area contributed by atoms with Crippen LogP contribution in [0.1, 0.15) is 82.5 Å². The van der Waals surface area contributed by atoms with Crippen molar-refractivity contribution < 1.29 is 0 Å². The molecule has 22 heavy (non-hydrogen) atoms. The van der Waals surface area contributed by atoms with Crippen LogP contribution in [0.15, 0.2) is 18.2 Å². The Kier molecular flexibility index (Phi) is 7.02. The number of fused-ring (bicyclic) bond motifs is 1. The van der Waals surface area contributed by atoms with Crippen LogP contribution in [0.5, 0.6) is 0 Å². The van der Waals surface area contributed by atoms with Crippen molar-refractivity contribution >= 4 is 10.9 Å². The first-order chi connectivity index (χ1) is 10.8. The highest BCUT2D eigenvalue weighted by molar-refractivity contribution is 5.85. The Morgan fingerprint density at radius 1 is 0.773 bits per heavy atom. The molecule has 0 saturated heterocycles. The maximum absolute atomic E-state index is 3.72. The Labute approximate surface area is 136 Å². The molecule has 0 aliphatic rings. The molecule has 1 nitrogen and oxygen atoms in total. The molecule has 2 rings (SSSR count). The van der Waals surface area contributed by atoms with Gasteiger partial charge in [-0.3, -0.25) is 0 Å². The van der Waals surface area contributed by atoms with Gasteiger partial charge >= 0.3 is 0 Å². The molecule has 1 heteroatoms. The highest BCUT2D eigenvalue weighted by Crippen LogP contribution is 2.27. The predicted molar refractivity (Wildman–Crippen MR) is 98.8 cm³/mol. The number of aromatic amines is 1. The summed E-state index contributed by atoms with van der Waals surface area (Å²) in [7, 11) is 0. The standard InChI is InChI=1S/C21H33N/c1-4-7-10-13-20-18(12-9-6-3)19-16-17(11-8-5-2)14-15-21(19)22-20/h14-16,22H,4-13H2,1-3H3. The van der Waals surface area contributed by atoms with Gasteiger partial charge in [0.05, 0.1) is 0 Å². The maximum atomic E-state index is 3.72. The molecule has 0 saturated carbocycles. The van der Waals surface area contributed by atoms with Gasteiger partial charge in [0, 0.05) is 16.6 Å². The molecule has 0 amide bonds. The lowest BCUT2D eigenvalue weighted by Gasteiger charge is -2.05. The fourth-order valence-electron chi connectivity index (χ4n) is 3.29. The maximum Gasteiger partial charge on any atom is 0.0459 e. The third-order valence-electron chi connectivity index (χ3n) is 4.69. The van der Waals surface area contributed by atoms with E-state index in [1.54, 1.807) is 5.56 Å². The lowest BCUT2D eigenvalue weighted by Crippen LogP contribution is -1.93. The molecule has 0 bridgehead atoms. The van der Waals surface area contributed by atoms with E-state index in [9.17, 15) is 0 Å². The summed E-state index contributed by atoms with van der Waals surface area (Å²) >= 11 is 0. The van der Waals surface area contributed by atoms with Gasteiger partial charge in [-0.1, -0.05) is 52.5 Å². The SMILES string of the molecule is CCCCCc1[nH]c2ccc(CCCC)cc2c1CCCC. The van der Waals surface area contributed by atoms with Crippen LogP contribution >= 0.6 is 0 Å². The van der Waals surface area contributed by atoms with Crippen LogP contribution in [0.2, 0.25) is 0 Å². The number of hydrogen-bond acceptors (Lipinski definition) is 0. The number of nitrogens with one attached hydrogen (secondary N) is 1. The van der Waals surface area contributed by atoms with Crippen molar-refractivity contribution in [3.63, 3.8) is 0 Å². The van der Waals surface area contributed by atoms with Crippen LogP contribution in [0.25, 0.3) is 10.9 Å². The zero-order chi connectivity index (χ0) is 15.8. The summed E-state index contributed by atoms with van der Waals surface area (Å²) in [5.74, 6) is 0. The van der Waals surface area contributed by atoms with Crippen molar-refractivity contribution in [2.75, 3.05) is 0 Å². The van der Waals surface area contributed by atoms with E-state index in [0.717, 1.165) is 0 Å². The molecule has 0 aliphatic carbocycles. The van der Waals surface area contributed by atoms with Gasteiger partial charge in [-0.05, 0) is 61.8 Å². The zero-order valence-electron chi connectivity index (χ0n) is 14.8. The quantitative estimate of drug-likeness (QED) is 0.476. The number of benzene rings is 1. The topological polar surface area (TPSA) is 15.8 Å². The highest BCUT2D eigenvalue weighted by Gasteiger charge is 2.11. The number of aryl methyl sites for hydroxylation is 3. The van der Waals surface area contributed by atoms with E-state index in [4.69, 9.17) is 0 Å². The fourth-order valence-corrected chi connectivity index (χ4v) is 3.29. The second-order valence-electron chi connectivity index (χ2n) is 6.63. The van der Waals surface area contributed by atoms with Crippen molar-refractivity contribution in [2.45, 2.75) is 85.0 Å². The van der Waals surface area contributed by atoms with Gasteiger partial charge in [0.25, 0.3) is 0 Å². The van der Waals surface area contributed by atoms with Crippen molar-refractivity contribution in [3.05, 3.63) is 35.0 Å². The van der Waals surface area contributed by atoms with Gasteiger partial charge in [0.15, 0.2) is 0 Å². The zero-order valence-corrected chi connectivity index (χ0v) is 14.8. The second-order valence-corrected chi connectivity index (χ2v) is 6.63. The molecule has 2 aromatic rings. The van der Waals surface area contributed by atoms with Gasteiger partial charge in [-0.2, -0.15) is 0 Å². The number of aromatic nitrogens is 1. The van der Waals surface area contributed by atoms with Gasteiger partial charge in [-0.15, -0.1) is 0 Å². The lowest BCUT2D eigenvalue weighted by molar-refractivity contribution is 0.701. The largest absolute Gasteiger partial charge is 0.358 e. The average molecular weight is 300 g/mol. The summed E-state index contributed by atoms with van der Waals surface area (Å²) in [5, 5.41) is 1.49. The molecule has 1 aromatic carbocycles. The molecule has 0 aliphatic heterocycles. The number of H-pyrrole nitrogens is 1. The third-order valence-corrected chi connectivity index (χ3v) is 4.69. The molecule has 0 atom stereocenters. The van der Waals surface area contributed by atoms with E-state index in [1.165, 1.54) is 86.4 Å². The first kappa shape index (κ1) is 17.1. The van der Waals surface area contributed by atoms with Gasteiger partial charge in [0.1, 0.15) is 0 Å². The van der Waals surface area contributed by atoms with E-state index >= 15 is 0 Å². The third kappa shape index (κ3) is 4.38. The molecule has 1 aromatic heterocycles. The molecular formula is C21H33N. The van der Waals surface area contributed by atoms with E-state index in [0.29, 0.717) is 0 Å². The minimum absolute atomic E-state index is 1.21. The molecule has 0 unspecified atom stereocenters. The highest BCUT2D eigenvalue weighted by atomic mass is 14.7. The Morgan fingerprint density at radius 3 is 2.23 bits per heavy atom. The lowest BCUT2D eigenvalue weighted by atomic mass is 9.99. The van der Waals surface area contributed by atoms with Crippen LogP contribution in [0, 0.1) is 0 Å². The second kappa shape index (κ2) is 9.02. The fraction of sp³-hybridized carbons (Fsp3) is 0.619. The molecule has 122 valence electrons. The predicted octanol–water partition coefficient (Wildman–Crippen LogP) is 6.59. The molecule has 1 N–H and O–H groups in total. The summed E-state index contributed by atoms with van der Waals surface area (Å²) in [6, 6.07) is 7.07. The number of unbranched alkanes of at least 4 members (excludes halogenated alkanes) is 4. The van der Waals surface area contributed by atoms with Crippen LogP contribution in [0.3, 0.4) is 0 Å². The monoisotopic (exact) mass is 299 g/mol.